The molecule has 2 aromatic carbocycles. The maximum Gasteiger partial charge on any atom is 0.350 e. The van der Waals surface area contributed by atoms with E-state index in [9.17, 15) is 9.59 Å². The third-order valence-electron chi connectivity index (χ3n) is 4.11. The van der Waals surface area contributed by atoms with Crippen LogP contribution in [0.3, 0.4) is 0 Å². The molecule has 4 rings (SSSR count). The lowest BCUT2D eigenvalue weighted by molar-refractivity contribution is 0.415. The van der Waals surface area contributed by atoms with Gasteiger partial charge < -0.3 is 14.7 Å². The van der Waals surface area contributed by atoms with Crippen molar-refractivity contribution in [3.8, 4) is 5.75 Å². The zero-order valence-corrected chi connectivity index (χ0v) is 15.4. The number of fused-ring (bicyclic) bond motifs is 3. The van der Waals surface area contributed by atoms with E-state index in [0.717, 1.165) is 4.68 Å². The van der Waals surface area contributed by atoms with E-state index in [1.807, 2.05) is 0 Å². The van der Waals surface area contributed by atoms with Crippen LogP contribution in [-0.2, 0) is 0 Å². The van der Waals surface area contributed by atoms with Crippen LogP contribution >= 0.6 is 23.2 Å². The molecule has 0 radical (unpaired) electrons. The van der Waals surface area contributed by atoms with Crippen LogP contribution in [0.1, 0.15) is 5.56 Å². The lowest BCUT2D eigenvalue weighted by Gasteiger charge is -2.00. The Morgan fingerprint density at radius 3 is 2.63 bits per heavy atom. The molecule has 0 fully saturated rings. The van der Waals surface area contributed by atoms with E-state index in [2.05, 4.69) is 15.1 Å². The summed E-state index contributed by atoms with van der Waals surface area (Å²) in [5, 5.41) is 5.52. The first kappa shape index (κ1) is 17.4. The van der Waals surface area contributed by atoms with E-state index in [-0.39, 0.29) is 5.52 Å². The maximum absolute atomic E-state index is 12.7. The van der Waals surface area contributed by atoms with Crippen molar-refractivity contribution in [2.24, 2.45) is 5.10 Å². The lowest BCUT2D eigenvalue weighted by Crippen LogP contribution is -2.32. The highest BCUT2D eigenvalue weighted by atomic mass is 35.5. The number of halogens is 2. The van der Waals surface area contributed by atoms with E-state index in [4.69, 9.17) is 27.9 Å². The molecule has 0 saturated carbocycles. The van der Waals surface area contributed by atoms with Crippen molar-refractivity contribution in [2.75, 3.05) is 7.11 Å². The zero-order valence-electron chi connectivity index (χ0n) is 13.9. The monoisotopic (exact) mass is 402 g/mol. The predicted octanol–water partition coefficient (Wildman–Crippen LogP) is 3.37. The second-order valence-corrected chi connectivity index (χ2v) is 6.59. The molecular weight excluding hydrogens is 391 g/mol. The molecule has 7 nitrogen and oxygen atoms in total. The summed E-state index contributed by atoms with van der Waals surface area (Å²) in [6.45, 7) is 0. The number of H-pyrrole nitrogens is 2. The Morgan fingerprint density at radius 1 is 1.07 bits per heavy atom. The van der Waals surface area contributed by atoms with E-state index in [0.29, 0.717) is 37.8 Å². The smallest absolute Gasteiger partial charge is 0.350 e. The molecular formula is C18H12Cl2N4O3. The van der Waals surface area contributed by atoms with Gasteiger partial charge in [0.05, 0.1) is 29.4 Å². The van der Waals surface area contributed by atoms with Crippen LogP contribution in [0, 0.1) is 0 Å². The molecule has 0 saturated heterocycles. The second kappa shape index (κ2) is 6.61. The highest BCUT2D eigenvalue weighted by molar-refractivity contribution is 6.36. The number of aromatic nitrogens is 3. The van der Waals surface area contributed by atoms with Gasteiger partial charge in [-0.15, -0.1) is 4.68 Å². The van der Waals surface area contributed by atoms with E-state index >= 15 is 0 Å². The van der Waals surface area contributed by atoms with Gasteiger partial charge in [-0.3, -0.25) is 4.79 Å². The third-order valence-corrected chi connectivity index (χ3v) is 4.67. The number of methoxy groups -OCH3 is 1. The van der Waals surface area contributed by atoms with E-state index < -0.39 is 11.2 Å². The lowest BCUT2D eigenvalue weighted by atomic mass is 10.2. The Labute approximate surface area is 161 Å². The van der Waals surface area contributed by atoms with Gasteiger partial charge in [0.1, 0.15) is 11.3 Å². The number of rotatable bonds is 3. The molecule has 2 heterocycles. The van der Waals surface area contributed by atoms with Gasteiger partial charge in [-0.1, -0.05) is 29.3 Å². The summed E-state index contributed by atoms with van der Waals surface area (Å²) in [7, 11) is 1.55. The Bertz CT molecular complexity index is 1330. The number of hydrogen-bond donors (Lipinski definition) is 2. The average Bonchev–Trinajstić information content (AvgIpc) is 3.01. The molecule has 27 heavy (non-hydrogen) atoms. The molecule has 0 atom stereocenters. The molecule has 0 aliphatic heterocycles. The predicted molar refractivity (Wildman–Crippen MR) is 107 cm³/mol. The summed E-state index contributed by atoms with van der Waals surface area (Å²) in [4.78, 5) is 30.8. The van der Waals surface area contributed by atoms with Crippen LogP contribution in [-0.4, -0.2) is 28.0 Å². The van der Waals surface area contributed by atoms with E-state index in [1.54, 1.807) is 43.5 Å². The molecule has 2 N–H and O–H groups in total. The fourth-order valence-corrected chi connectivity index (χ4v) is 3.24. The molecule has 0 spiro atoms. The van der Waals surface area contributed by atoms with Crippen molar-refractivity contribution in [3.63, 3.8) is 0 Å². The highest BCUT2D eigenvalue weighted by Crippen LogP contribution is 2.25. The van der Waals surface area contributed by atoms with Crippen molar-refractivity contribution < 1.29 is 4.74 Å². The number of ether oxygens (including phenoxy) is 1. The summed E-state index contributed by atoms with van der Waals surface area (Å²) in [5.74, 6) is 0.632. The topological polar surface area (TPSA) is 92.2 Å². The van der Waals surface area contributed by atoms with Gasteiger partial charge in [0, 0.05) is 22.0 Å². The Balaban J connectivity index is 1.89. The van der Waals surface area contributed by atoms with Crippen molar-refractivity contribution in [2.45, 2.75) is 0 Å². The van der Waals surface area contributed by atoms with Crippen molar-refractivity contribution in [3.05, 3.63) is 72.8 Å². The van der Waals surface area contributed by atoms with Crippen LogP contribution in [0.4, 0.5) is 0 Å². The SMILES string of the molecule is COc1ccc2c(c1)[nH]c1c(=O)n(N=Cc3ccc(Cl)cc3Cl)c(=O)[nH]c12. The number of hydrogen-bond acceptors (Lipinski definition) is 4. The molecule has 4 aromatic rings. The summed E-state index contributed by atoms with van der Waals surface area (Å²) in [5.41, 5.74) is 0.597. The maximum atomic E-state index is 12.7. The van der Waals surface area contributed by atoms with Crippen LogP contribution in [0.2, 0.25) is 10.0 Å². The van der Waals surface area contributed by atoms with Crippen molar-refractivity contribution >= 4 is 51.4 Å². The highest BCUT2D eigenvalue weighted by Gasteiger charge is 2.13. The van der Waals surface area contributed by atoms with Crippen LogP contribution in [0.15, 0.2) is 51.1 Å². The van der Waals surface area contributed by atoms with Crippen LogP contribution in [0.5, 0.6) is 5.75 Å². The molecule has 2 aromatic heterocycles. The summed E-state index contributed by atoms with van der Waals surface area (Å²) < 4.78 is 5.92. The van der Waals surface area contributed by atoms with Gasteiger partial charge in [-0.05, 0) is 24.3 Å². The van der Waals surface area contributed by atoms with Crippen molar-refractivity contribution in [1.29, 1.82) is 0 Å². The fourth-order valence-electron chi connectivity index (χ4n) is 2.78. The normalized spacial score (nSPS) is 11.7. The molecule has 0 aliphatic rings. The number of nitrogens with one attached hydrogen (secondary N) is 2. The van der Waals surface area contributed by atoms with Crippen molar-refractivity contribution in [1.82, 2.24) is 14.6 Å². The molecule has 0 aliphatic carbocycles. The number of aromatic amines is 2. The Morgan fingerprint density at radius 2 is 1.89 bits per heavy atom. The standard InChI is InChI=1S/C18H12Cl2N4O3/c1-27-11-4-5-12-14(7-11)22-16-15(12)23-18(26)24(17(16)25)21-8-9-2-3-10(19)6-13(9)20/h2-8,22H,1H3,(H,23,26). The summed E-state index contributed by atoms with van der Waals surface area (Å²) in [6, 6.07) is 10.1. The Kier molecular flexibility index (Phi) is 4.25. The van der Waals surface area contributed by atoms with Crippen LogP contribution in [0.25, 0.3) is 21.9 Å². The quantitative estimate of drug-likeness (QED) is 0.514. The zero-order chi connectivity index (χ0) is 19.1. The second-order valence-electron chi connectivity index (χ2n) is 5.74. The first-order valence-electron chi connectivity index (χ1n) is 7.82. The molecule has 0 bridgehead atoms. The molecule has 0 unspecified atom stereocenters. The van der Waals surface area contributed by atoms with Gasteiger partial charge in [-0.2, -0.15) is 5.10 Å². The first-order chi connectivity index (χ1) is 13.0. The number of benzene rings is 2. The summed E-state index contributed by atoms with van der Waals surface area (Å²) in [6.07, 6.45) is 1.33. The minimum Gasteiger partial charge on any atom is -0.497 e. The van der Waals surface area contributed by atoms with Gasteiger partial charge in [-0.25, -0.2) is 4.79 Å². The summed E-state index contributed by atoms with van der Waals surface area (Å²) >= 11 is 11.9. The molecule has 9 heteroatoms. The fraction of sp³-hybridized carbons (Fsp3) is 0.0556. The Hall–Kier alpha value is -3.03. The van der Waals surface area contributed by atoms with Crippen LogP contribution < -0.4 is 16.0 Å². The molecule has 0 amide bonds. The van der Waals surface area contributed by atoms with E-state index in [1.165, 1.54) is 6.21 Å². The average molecular weight is 403 g/mol. The minimum atomic E-state index is -0.662. The largest absolute Gasteiger partial charge is 0.497 e. The first-order valence-corrected chi connectivity index (χ1v) is 8.57. The molecule has 136 valence electrons. The third kappa shape index (κ3) is 3.01. The van der Waals surface area contributed by atoms with Gasteiger partial charge in [0.25, 0.3) is 0 Å². The van der Waals surface area contributed by atoms with Gasteiger partial charge >= 0.3 is 11.2 Å². The van der Waals surface area contributed by atoms with Gasteiger partial charge in [0.15, 0.2) is 0 Å². The minimum absolute atomic E-state index is 0.234. The number of nitrogens with zero attached hydrogens (tertiary/aromatic N) is 2. The van der Waals surface area contributed by atoms with Gasteiger partial charge in [0.2, 0.25) is 0 Å².